The quantitative estimate of drug-likeness (QED) is 0.214. The number of halogens is 2. The van der Waals surface area contributed by atoms with Crippen LogP contribution < -0.4 is 0 Å². The summed E-state index contributed by atoms with van der Waals surface area (Å²) >= 11 is 0. The second-order valence-corrected chi connectivity index (χ2v) is 8.67. The van der Waals surface area contributed by atoms with Gasteiger partial charge in [0.05, 0.1) is 0 Å². The first-order valence-corrected chi connectivity index (χ1v) is 8.46. The first-order valence-electron chi connectivity index (χ1n) is 8.46. The van der Waals surface area contributed by atoms with Crippen molar-refractivity contribution < 1.29 is 25.8 Å². The van der Waals surface area contributed by atoms with Gasteiger partial charge in [0.2, 0.25) is 0 Å². The number of fused-ring (bicyclic) bond motifs is 1. The van der Waals surface area contributed by atoms with E-state index >= 15 is 0 Å². The second kappa shape index (κ2) is 9.13. The largest absolute Gasteiger partial charge is 0.147 e. The summed E-state index contributed by atoms with van der Waals surface area (Å²) in [5.74, 6) is 0. The van der Waals surface area contributed by atoms with Crippen LogP contribution in [0.4, 0.5) is 0 Å². The third-order valence-electron chi connectivity index (χ3n) is 4.62. The summed E-state index contributed by atoms with van der Waals surface area (Å²) in [6.07, 6.45) is 0. The molecule has 3 heteroatoms. The Labute approximate surface area is 189 Å². The van der Waals surface area contributed by atoms with E-state index in [0.717, 1.165) is 0 Å². The van der Waals surface area contributed by atoms with Gasteiger partial charge < -0.3 is 0 Å². The number of hydrogen-bond acceptors (Lipinski definition) is 0. The molecule has 140 valence electrons. The molecule has 0 aliphatic heterocycles. The monoisotopic (exact) mass is 555 g/mol. The third kappa shape index (κ3) is 5.50. The van der Waals surface area contributed by atoms with E-state index in [2.05, 4.69) is 96.1 Å². The van der Waals surface area contributed by atoms with Crippen molar-refractivity contribution in [2.24, 2.45) is 0 Å². The van der Waals surface area contributed by atoms with Crippen molar-refractivity contribution in [2.75, 3.05) is 0 Å². The van der Waals surface area contributed by atoms with E-state index in [1.54, 1.807) is 0 Å². The molecule has 0 spiro atoms. The molecule has 26 heavy (non-hydrogen) atoms. The van der Waals surface area contributed by atoms with Crippen LogP contribution in [-0.2, 0) is 36.7 Å². The van der Waals surface area contributed by atoms with Crippen LogP contribution in [0.15, 0.2) is 54.6 Å². The molecule has 0 atom stereocenters. The summed E-state index contributed by atoms with van der Waals surface area (Å²) in [6.45, 7) is 13.8. The minimum atomic E-state index is 0. The van der Waals surface area contributed by atoms with E-state index in [1.165, 1.54) is 33.0 Å². The smallest absolute Gasteiger partial charge is 0 e. The standard InChI is InChI=1S/C23H27.2ClH.Hf/c1-22(2,3)20-13-19(14-21(15-20)23(4,5)6)18-11-16-9-7-8-10-17(16)12-18;;;/h7-15H,1-6H3;2*1H;/q-1;;;. The Kier molecular flexibility index (Phi) is 8.95. The fourth-order valence-corrected chi connectivity index (χ4v) is 2.98. The Morgan fingerprint density at radius 1 is 0.692 bits per heavy atom. The minimum absolute atomic E-state index is 0. The molecule has 0 unspecified atom stereocenters. The molecule has 3 rings (SSSR count). The molecule has 0 nitrogen and oxygen atoms in total. The Morgan fingerprint density at radius 2 is 1.19 bits per heavy atom. The summed E-state index contributed by atoms with van der Waals surface area (Å²) in [7, 11) is 0. The topological polar surface area (TPSA) is 0 Å². The predicted molar refractivity (Wildman–Crippen MR) is 117 cm³/mol. The fraction of sp³-hybridized carbons (Fsp3) is 0.348. The maximum atomic E-state index is 2.38. The third-order valence-corrected chi connectivity index (χ3v) is 4.62. The van der Waals surface area contributed by atoms with Crippen LogP contribution in [-0.4, -0.2) is 0 Å². The molecular weight excluding hydrogens is 526 g/mol. The molecule has 3 aromatic rings. The van der Waals surface area contributed by atoms with E-state index in [4.69, 9.17) is 0 Å². The van der Waals surface area contributed by atoms with Gasteiger partial charge in [-0.25, -0.2) is 0 Å². The van der Waals surface area contributed by atoms with Gasteiger partial charge in [0.1, 0.15) is 0 Å². The molecule has 0 radical (unpaired) electrons. The zero-order chi connectivity index (χ0) is 16.8. The van der Waals surface area contributed by atoms with Crippen LogP contribution >= 0.6 is 24.8 Å². The minimum Gasteiger partial charge on any atom is -0.147 e. The van der Waals surface area contributed by atoms with Crippen molar-refractivity contribution in [2.45, 2.75) is 52.4 Å². The Hall–Kier alpha value is -0.500. The van der Waals surface area contributed by atoms with Crippen molar-refractivity contribution in [3.8, 4) is 11.1 Å². The van der Waals surface area contributed by atoms with E-state index in [0.29, 0.717) is 0 Å². The normalized spacial score (nSPS) is 11.3. The number of hydrogen-bond donors (Lipinski definition) is 0. The molecule has 0 aliphatic carbocycles. The van der Waals surface area contributed by atoms with Crippen molar-refractivity contribution in [1.29, 1.82) is 0 Å². The molecule has 0 heterocycles. The van der Waals surface area contributed by atoms with E-state index in [9.17, 15) is 0 Å². The molecule has 0 bridgehead atoms. The molecule has 0 saturated heterocycles. The first kappa shape index (κ1) is 25.5. The van der Waals surface area contributed by atoms with Gasteiger partial charge >= 0.3 is 0 Å². The zero-order valence-electron chi connectivity index (χ0n) is 16.5. The Bertz CT molecular complexity index is 783. The van der Waals surface area contributed by atoms with Gasteiger partial charge in [-0.3, -0.25) is 0 Å². The first-order chi connectivity index (χ1) is 10.6. The van der Waals surface area contributed by atoms with Crippen LogP contribution in [0.2, 0.25) is 0 Å². The summed E-state index contributed by atoms with van der Waals surface area (Å²) in [5.41, 5.74) is 5.78. The Balaban J connectivity index is 0.00000208. The molecule has 0 aromatic heterocycles. The van der Waals surface area contributed by atoms with Gasteiger partial charge in [-0.05, 0) is 22.0 Å². The molecule has 0 amide bonds. The average molecular weight is 555 g/mol. The van der Waals surface area contributed by atoms with Crippen LogP contribution in [0, 0.1) is 0 Å². The fourth-order valence-electron chi connectivity index (χ4n) is 2.98. The SMILES string of the molecule is CC(C)(C)c1cc(-c2cc3ccccc3[cH-]2)cc(C(C)(C)C)c1.Cl.Cl.[Hf]. The van der Waals surface area contributed by atoms with E-state index in [1.807, 2.05) is 0 Å². The van der Waals surface area contributed by atoms with Gasteiger partial charge in [-0.1, -0.05) is 83.5 Å². The molecular formula is C23H29Cl2Hf-. The van der Waals surface area contributed by atoms with E-state index < -0.39 is 0 Å². The van der Waals surface area contributed by atoms with Crippen molar-refractivity contribution in [3.63, 3.8) is 0 Å². The molecule has 0 aliphatic rings. The van der Waals surface area contributed by atoms with Gasteiger partial charge in [-0.15, -0.1) is 59.3 Å². The molecule has 0 saturated carbocycles. The van der Waals surface area contributed by atoms with Crippen LogP contribution in [0.5, 0.6) is 0 Å². The number of rotatable bonds is 1. The average Bonchev–Trinajstić information content (AvgIpc) is 2.89. The van der Waals surface area contributed by atoms with Crippen molar-refractivity contribution in [3.05, 3.63) is 65.7 Å². The van der Waals surface area contributed by atoms with E-state index in [-0.39, 0.29) is 61.5 Å². The van der Waals surface area contributed by atoms with Gasteiger partial charge in [-0.2, -0.15) is 0 Å². The van der Waals surface area contributed by atoms with Gasteiger partial charge in [0.15, 0.2) is 0 Å². The maximum absolute atomic E-state index is 2.38. The van der Waals surface area contributed by atoms with Crippen LogP contribution in [0.1, 0.15) is 52.7 Å². The Morgan fingerprint density at radius 3 is 1.65 bits per heavy atom. The summed E-state index contributed by atoms with van der Waals surface area (Å²) in [6, 6.07) is 20.3. The number of benzene rings is 2. The summed E-state index contributed by atoms with van der Waals surface area (Å²) in [5, 5.41) is 2.64. The van der Waals surface area contributed by atoms with Gasteiger partial charge in [0, 0.05) is 25.8 Å². The van der Waals surface area contributed by atoms with Crippen LogP contribution in [0.3, 0.4) is 0 Å². The predicted octanol–water partition coefficient (Wildman–Crippen LogP) is 7.66. The molecule has 3 aromatic carbocycles. The second-order valence-electron chi connectivity index (χ2n) is 8.67. The van der Waals surface area contributed by atoms with Crippen molar-refractivity contribution >= 4 is 35.6 Å². The molecule has 0 fully saturated rings. The molecule has 0 N–H and O–H groups in total. The summed E-state index contributed by atoms with van der Waals surface area (Å²) in [4.78, 5) is 0. The van der Waals surface area contributed by atoms with Crippen molar-refractivity contribution in [1.82, 2.24) is 0 Å². The van der Waals surface area contributed by atoms with Crippen LogP contribution in [0.25, 0.3) is 21.9 Å². The summed E-state index contributed by atoms with van der Waals surface area (Å²) < 4.78 is 0. The zero-order valence-corrected chi connectivity index (χ0v) is 21.7. The maximum Gasteiger partial charge on any atom is 0 e. The van der Waals surface area contributed by atoms with Gasteiger partial charge in [0.25, 0.3) is 0 Å².